The fourth-order valence-electron chi connectivity index (χ4n) is 1.42. The van der Waals surface area contributed by atoms with Gasteiger partial charge in [0, 0.05) is 18.1 Å². The van der Waals surface area contributed by atoms with Gasteiger partial charge >= 0.3 is 5.97 Å². The van der Waals surface area contributed by atoms with Gasteiger partial charge in [-0.3, -0.25) is 4.79 Å². The number of anilines is 1. The number of carbonyl (C=O) groups excluding carboxylic acids is 1. The molecule has 0 fully saturated rings. The van der Waals surface area contributed by atoms with E-state index in [0.717, 1.165) is 0 Å². The summed E-state index contributed by atoms with van der Waals surface area (Å²) in [4.78, 5) is 30.0. The van der Waals surface area contributed by atoms with Crippen molar-refractivity contribution in [1.29, 1.82) is 0 Å². The first-order valence-corrected chi connectivity index (χ1v) is 5.20. The number of aromatic carboxylic acids is 1. The highest BCUT2D eigenvalue weighted by atomic mass is 16.4. The van der Waals surface area contributed by atoms with Crippen molar-refractivity contribution in [3.63, 3.8) is 0 Å². The highest BCUT2D eigenvalue weighted by Gasteiger charge is 2.19. The fourth-order valence-corrected chi connectivity index (χ4v) is 1.42. The summed E-state index contributed by atoms with van der Waals surface area (Å²) in [6, 6.07) is 5.54. The van der Waals surface area contributed by atoms with Crippen LogP contribution in [0.2, 0.25) is 0 Å². The molecule has 96 valence electrons. The highest BCUT2D eigenvalue weighted by molar-refractivity contribution is 6.08. The van der Waals surface area contributed by atoms with Crippen LogP contribution < -0.4 is 10.4 Å². The number of carboxylic acid groups (broad SMARTS) is 1. The first kappa shape index (κ1) is 12.5. The first-order valence-electron chi connectivity index (χ1n) is 5.20. The first-order chi connectivity index (χ1) is 9.08. The third-order valence-electron chi connectivity index (χ3n) is 2.21. The van der Waals surface area contributed by atoms with Crippen molar-refractivity contribution in [3.05, 3.63) is 48.0 Å². The molecule has 0 spiro atoms. The van der Waals surface area contributed by atoms with E-state index in [-0.39, 0.29) is 17.1 Å². The van der Waals surface area contributed by atoms with Crippen LogP contribution in [-0.4, -0.2) is 27.0 Å². The van der Waals surface area contributed by atoms with E-state index >= 15 is 0 Å². The van der Waals surface area contributed by atoms with Gasteiger partial charge in [-0.2, -0.15) is 0 Å². The second-order valence-corrected chi connectivity index (χ2v) is 3.54. The molecular formula is C12H8N3O4-. The molecule has 0 saturated heterocycles. The summed E-state index contributed by atoms with van der Waals surface area (Å²) in [5, 5.41) is 22.4. The van der Waals surface area contributed by atoms with E-state index < -0.39 is 17.6 Å². The lowest BCUT2D eigenvalue weighted by molar-refractivity contribution is -0.268. The molecule has 0 unspecified atom stereocenters. The Labute approximate surface area is 107 Å². The lowest BCUT2D eigenvalue weighted by Crippen LogP contribution is -2.19. The molecule has 1 amide bonds. The van der Waals surface area contributed by atoms with Crippen molar-refractivity contribution >= 4 is 17.6 Å². The van der Waals surface area contributed by atoms with Gasteiger partial charge in [-0.25, -0.2) is 14.8 Å². The lowest BCUT2D eigenvalue weighted by Gasteiger charge is -2.09. The molecule has 2 rings (SSSR count). The second-order valence-electron chi connectivity index (χ2n) is 3.54. The quantitative estimate of drug-likeness (QED) is 0.828. The number of hydrogen-bond donors (Lipinski definition) is 2. The largest absolute Gasteiger partial charge is 0.872 e. The number of nitrogens with one attached hydrogen (secondary N) is 1. The van der Waals surface area contributed by atoms with Gasteiger partial charge in [0.1, 0.15) is 0 Å². The van der Waals surface area contributed by atoms with E-state index in [2.05, 4.69) is 15.3 Å². The predicted octanol–water partition coefficient (Wildman–Crippen LogP) is 0.501. The smallest absolute Gasteiger partial charge is 0.356 e. The zero-order valence-electron chi connectivity index (χ0n) is 9.53. The van der Waals surface area contributed by atoms with Gasteiger partial charge in [-0.05, 0) is 12.1 Å². The molecule has 0 radical (unpaired) electrons. The summed E-state index contributed by atoms with van der Waals surface area (Å²) in [7, 11) is 0. The van der Waals surface area contributed by atoms with Crippen molar-refractivity contribution < 1.29 is 19.8 Å². The summed E-state index contributed by atoms with van der Waals surface area (Å²) in [6.45, 7) is 0. The van der Waals surface area contributed by atoms with Gasteiger partial charge in [-0.15, -0.1) is 5.75 Å². The standard InChI is InChI=1S/C12H9N3O4/c16-8-3-1-2-7(6-8)15-11(17)9-10(12(18)19)14-5-4-13-9/h1-6,16H,(H,15,17)(H,18,19)/p-1. The minimum absolute atomic E-state index is 0.263. The molecule has 0 aliphatic heterocycles. The molecule has 0 saturated carbocycles. The molecule has 0 bridgehead atoms. The summed E-state index contributed by atoms with van der Waals surface area (Å²) in [6.07, 6.45) is 2.39. The summed E-state index contributed by atoms with van der Waals surface area (Å²) in [5.41, 5.74) is -0.496. The number of carbonyl (C=O) groups is 2. The summed E-state index contributed by atoms with van der Waals surface area (Å²) < 4.78 is 0. The highest BCUT2D eigenvalue weighted by Crippen LogP contribution is 2.14. The zero-order chi connectivity index (χ0) is 13.8. The Balaban J connectivity index is 2.28. The number of rotatable bonds is 3. The van der Waals surface area contributed by atoms with Crippen molar-refractivity contribution in [2.24, 2.45) is 0 Å². The molecule has 2 aromatic rings. The average molecular weight is 258 g/mol. The van der Waals surface area contributed by atoms with Gasteiger partial charge in [-0.1, -0.05) is 12.1 Å². The molecule has 7 nitrogen and oxygen atoms in total. The Morgan fingerprint density at radius 1 is 1.16 bits per heavy atom. The van der Waals surface area contributed by atoms with Gasteiger partial charge in [0.25, 0.3) is 5.91 Å². The Morgan fingerprint density at radius 2 is 1.84 bits per heavy atom. The zero-order valence-corrected chi connectivity index (χ0v) is 9.53. The molecule has 0 atom stereocenters. The van der Waals surface area contributed by atoms with Crippen LogP contribution in [0, 0.1) is 0 Å². The van der Waals surface area contributed by atoms with Crippen molar-refractivity contribution in [3.8, 4) is 5.75 Å². The minimum Gasteiger partial charge on any atom is -0.872 e. The van der Waals surface area contributed by atoms with Crippen LogP contribution in [-0.2, 0) is 0 Å². The van der Waals surface area contributed by atoms with Gasteiger partial charge in [0.2, 0.25) is 0 Å². The molecule has 2 N–H and O–H groups in total. The van der Waals surface area contributed by atoms with E-state index in [1.807, 2.05) is 0 Å². The van der Waals surface area contributed by atoms with E-state index in [9.17, 15) is 14.7 Å². The number of amides is 1. The maximum absolute atomic E-state index is 11.9. The fraction of sp³-hybridized carbons (Fsp3) is 0. The van der Waals surface area contributed by atoms with Crippen molar-refractivity contribution in [2.75, 3.05) is 5.32 Å². The van der Waals surface area contributed by atoms with Crippen LogP contribution >= 0.6 is 0 Å². The number of carboxylic acids is 1. The number of hydrogen-bond acceptors (Lipinski definition) is 5. The molecule has 0 aliphatic carbocycles. The van der Waals surface area contributed by atoms with E-state index in [4.69, 9.17) is 5.11 Å². The predicted molar refractivity (Wildman–Crippen MR) is 62.8 cm³/mol. The number of aromatic nitrogens is 2. The monoisotopic (exact) mass is 258 g/mol. The Morgan fingerprint density at radius 3 is 2.47 bits per heavy atom. The van der Waals surface area contributed by atoms with Gasteiger partial charge < -0.3 is 15.5 Å². The van der Waals surface area contributed by atoms with Crippen LogP contribution in [0.4, 0.5) is 5.69 Å². The van der Waals surface area contributed by atoms with Gasteiger partial charge in [0.15, 0.2) is 11.4 Å². The van der Waals surface area contributed by atoms with E-state index in [0.29, 0.717) is 0 Å². The third-order valence-corrected chi connectivity index (χ3v) is 2.21. The summed E-state index contributed by atoms with van der Waals surface area (Å²) >= 11 is 0. The Bertz CT molecular complexity index is 642. The maximum Gasteiger partial charge on any atom is 0.356 e. The van der Waals surface area contributed by atoms with Crippen LogP contribution in [0.15, 0.2) is 36.7 Å². The number of benzene rings is 1. The van der Waals surface area contributed by atoms with Crippen LogP contribution in [0.5, 0.6) is 5.75 Å². The average Bonchev–Trinajstić information content (AvgIpc) is 2.38. The van der Waals surface area contributed by atoms with Crippen molar-refractivity contribution in [1.82, 2.24) is 9.97 Å². The minimum atomic E-state index is -1.35. The molecule has 1 heterocycles. The number of nitrogens with zero attached hydrogens (tertiary/aromatic N) is 2. The molecule has 1 aromatic carbocycles. The molecular weight excluding hydrogens is 250 g/mol. The molecule has 7 heteroatoms. The SMILES string of the molecule is O=C(O)c1nccnc1C(=O)Nc1cccc([O-])c1. The molecule has 1 aromatic heterocycles. The van der Waals surface area contributed by atoms with Crippen LogP contribution in [0.3, 0.4) is 0 Å². The van der Waals surface area contributed by atoms with Gasteiger partial charge in [0.05, 0.1) is 0 Å². The van der Waals surface area contributed by atoms with Crippen molar-refractivity contribution in [2.45, 2.75) is 0 Å². The Hall–Kier alpha value is -2.96. The van der Waals surface area contributed by atoms with Crippen LogP contribution in [0.1, 0.15) is 21.0 Å². The van der Waals surface area contributed by atoms with Crippen LogP contribution in [0.25, 0.3) is 0 Å². The topological polar surface area (TPSA) is 115 Å². The molecule has 19 heavy (non-hydrogen) atoms. The second kappa shape index (κ2) is 5.13. The normalized spacial score (nSPS) is 9.89. The maximum atomic E-state index is 11.9. The Kier molecular flexibility index (Phi) is 3.37. The lowest BCUT2D eigenvalue weighted by atomic mass is 10.2. The summed E-state index contributed by atoms with van der Waals surface area (Å²) in [5.74, 6) is -2.36. The third kappa shape index (κ3) is 2.83. The molecule has 0 aliphatic rings. The van der Waals surface area contributed by atoms with E-state index in [1.165, 1.54) is 36.7 Å². The van der Waals surface area contributed by atoms with E-state index in [1.54, 1.807) is 0 Å².